The Labute approximate surface area is 231 Å². The molecule has 3 N–H and O–H groups in total. The van der Waals surface area contributed by atoms with Crippen molar-refractivity contribution in [3.8, 4) is 5.75 Å². The topological polar surface area (TPSA) is 125 Å². The molecule has 2 aromatic rings. The Morgan fingerprint density at radius 1 is 1.13 bits per heavy atom. The first-order chi connectivity index (χ1) is 18.6. The monoisotopic (exact) mass is 560 g/mol. The van der Waals surface area contributed by atoms with Gasteiger partial charge in [-0.1, -0.05) is 50.2 Å². The Balaban J connectivity index is 1.53. The van der Waals surface area contributed by atoms with Crippen LogP contribution >= 0.6 is 0 Å². The molecule has 214 valence electrons. The maximum absolute atomic E-state index is 13.5. The SMILES string of the molecule is CC(C)CN(C[C@@H](O)[C@H](Cc1ccccc1)NC(=O)O[C@H]1CCCC12CCCO2)S(=O)(=O)c1cccc(O)c1. The number of amides is 1. The third-order valence-corrected chi connectivity index (χ3v) is 9.34. The van der Waals surface area contributed by atoms with Crippen LogP contribution in [0.2, 0.25) is 0 Å². The van der Waals surface area contributed by atoms with Crippen molar-refractivity contribution in [1.82, 2.24) is 9.62 Å². The zero-order chi connectivity index (χ0) is 28.0. The summed E-state index contributed by atoms with van der Waals surface area (Å²) in [6.45, 7) is 4.34. The number of hydrogen-bond acceptors (Lipinski definition) is 7. The quantitative estimate of drug-likeness (QED) is 0.381. The predicted molar refractivity (Wildman–Crippen MR) is 147 cm³/mol. The molecule has 2 aromatic carbocycles. The van der Waals surface area contributed by atoms with E-state index >= 15 is 0 Å². The third kappa shape index (κ3) is 7.30. The van der Waals surface area contributed by atoms with Crippen molar-refractivity contribution < 1.29 is 32.9 Å². The predicted octanol–water partition coefficient (Wildman–Crippen LogP) is 3.84. The number of benzene rings is 2. The second-order valence-corrected chi connectivity index (χ2v) is 13.0. The van der Waals surface area contributed by atoms with E-state index in [1.165, 1.54) is 28.6 Å². The van der Waals surface area contributed by atoms with E-state index in [1.54, 1.807) is 0 Å². The number of phenolic OH excluding ortho intramolecular Hbond substituents is 1. The summed E-state index contributed by atoms with van der Waals surface area (Å²) in [5.41, 5.74) is 0.457. The Bertz CT molecular complexity index is 1190. The Morgan fingerprint density at radius 2 is 1.87 bits per heavy atom. The van der Waals surface area contributed by atoms with Gasteiger partial charge in [-0.15, -0.1) is 0 Å². The van der Waals surface area contributed by atoms with E-state index in [4.69, 9.17) is 9.47 Å². The van der Waals surface area contributed by atoms with E-state index in [2.05, 4.69) is 5.32 Å². The highest BCUT2D eigenvalue weighted by Crippen LogP contribution is 2.42. The fourth-order valence-electron chi connectivity index (χ4n) is 5.62. The summed E-state index contributed by atoms with van der Waals surface area (Å²) in [7, 11) is -4.03. The summed E-state index contributed by atoms with van der Waals surface area (Å²) >= 11 is 0. The lowest BCUT2D eigenvalue weighted by Gasteiger charge is -2.32. The highest BCUT2D eigenvalue weighted by molar-refractivity contribution is 7.89. The van der Waals surface area contributed by atoms with Crippen molar-refractivity contribution in [2.75, 3.05) is 19.7 Å². The van der Waals surface area contributed by atoms with E-state index in [0.29, 0.717) is 6.61 Å². The standard InChI is InChI=1S/C29H40N2O7S/c1-21(2)19-31(39(35,36)24-12-6-11-23(32)18-24)20-26(33)25(17-22-9-4-3-5-10-22)30-28(34)38-27-13-7-14-29(27)15-8-16-37-29/h3-6,9-12,18,21,25-27,32-33H,7-8,13-17,19-20H2,1-2H3,(H,30,34)/t25-,26+,27-,29?/m0/s1. The maximum atomic E-state index is 13.5. The summed E-state index contributed by atoms with van der Waals surface area (Å²) in [5, 5.41) is 24.1. The van der Waals surface area contributed by atoms with Crippen LogP contribution in [0.4, 0.5) is 4.79 Å². The smallest absolute Gasteiger partial charge is 0.407 e. The summed E-state index contributed by atoms with van der Waals surface area (Å²) in [4.78, 5) is 13.0. The summed E-state index contributed by atoms with van der Waals surface area (Å²) in [6, 6.07) is 14.1. The normalized spacial score (nSPS) is 22.8. The number of alkyl carbamates (subject to hydrolysis) is 1. The van der Waals surface area contributed by atoms with Gasteiger partial charge < -0.3 is 25.0 Å². The second kappa shape index (κ2) is 12.7. The Kier molecular flexibility index (Phi) is 9.53. The molecule has 39 heavy (non-hydrogen) atoms. The minimum Gasteiger partial charge on any atom is -0.508 e. The van der Waals surface area contributed by atoms with Crippen LogP contribution in [0.15, 0.2) is 59.5 Å². The lowest BCUT2D eigenvalue weighted by Crippen LogP contribution is -2.52. The molecule has 1 saturated heterocycles. The fraction of sp³-hybridized carbons (Fsp3) is 0.552. The number of aromatic hydroxyl groups is 1. The molecule has 4 rings (SSSR count). The zero-order valence-electron chi connectivity index (χ0n) is 22.7. The molecule has 1 aliphatic heterocycles. The van der Waals surface area contributed by atoms with Crippen LogP contribution in [0.1, 0.15) is 51.5 Å². The third-order valence-electron chi connectivity index (χ3n) is 7.52. The molecule has 2 fully saturated rings. The summed E-state index contributed by atoms with van der Waals surface area (Å²) in [6.07, 6.45) is 2.36. The number of aliphatic hydroxyl groups excluding tert-OH is 1. The van der Waals surface area contributed by atoms with Gasteiger partial charge in [-0.2, -0.15) is 4.31 Å². The highest BCUT2D eigenvalue weighted by atomic mass is 32.2. The van der Waals surface area contributed by atoms with Crippen molar-refractivity contribution >= 4 is 16.1 Å². The largest absolute Gasteiger partial charge is 0.508 e. The molecule has 1 saturated carbocycles. The van der Waals surface area contributed by atoms with Crippen LogP contribution in [0.25, 0.3) is 0 Å². The van der Waals surface area contributed by atoms with Crippen LogP contribution in [0.5, 0.6) is 5.75 Å². The van der Waals surface area contributed by atoms with Gasteiger partial charge in [0.05, 0.1) is 17.0 Å². The van der Waals surface area contributed by atoms with Crippen LogP contribution in [0.3, 0.4) is 0 Å². The molecule has 2 aliphatic rings. The number of carbonyl (C=O) groups excluding carboxylic acids is 1. The lowest BCUT2D eigenvalue weighted by molar-refractivity contribution is -0.0758. The van der Waals surface area contributed by atoms with Crippen LogP contribution in [0, 0.1) is 5.92 Å². The number of aliphatic hydroxyl groups is 1. The molecule has 1 amide bonds. The summed E-state index contributed by atoms with van der Waals surface area (Å²) < 4.78 is 40.1. The average molecular weight is 561 g/mol. The highest BCUT2D eigenvalue weighted by Gasteiger charge is 2.48. The number of nitrogens with zero attached hydrogens (tertiary/aromatic N) is 1. The number of nitrogens with one attached hydrogen (secondary N) is 1. The van der Waals surface area contributed by atoms with E-state index in [9.17, 15) is 23.4 Å². The first-order valence-corrected chi connectivity index (χ1v) is 15.2. The van der Waals surface area contributed by atoms with E-state index in [0.717, 1.165) is 37.7 Å². The number of sulfonamides is 1. The molecule has 1 aliphatic carbocycles. The molecule has 1 unspecified atom stereocenters. The van der Waals surface area contributed by atoms with Gasteiger partial charge in [-0.25, -0.2) is 13.2 Å². The van der Waals surface area contributed by atoms with Crippen molar-refractivity contribution in [3.05, 3.63) is 60.2 Å². The van der Waals surface area contributed by atoms with Crippen LogP contribution in [-0.2, 0) is 25.9 Å². The zero-order valence-corrected chi connectivity index (χ0v) is 23.5. The van der Waals surface area contributed by atoms with Gasteiger partial charge in [-0.3, -0.25) is 0 Å². The Morgan fingerprint density at radius 3 is 2.54 bits per heavy atom. The second-order valence-electron chi connectivity index (χ2n) is 11.0. The van der Waals surface area contributed by atoms with E-state index in [-0.39, 0.29) is 42.2 Å². The minimum absolute atomic E-state index is 0.0280. The van der Waals surface area contributed by atoms with Gasteiger partial charge in [0.25, 0.3) is 0 Å². The van der Waals surface area contributed by atoms with Crippen molar-refractivity contribution in [2.45, 2.75) is 81.1 Å². The Hall–Kier alpha value is -2.66. The summed E-state index contributed by atoms with van der Waals surface area (Å²) in [5.74, 6) is -0.192. The molecular formula is C29H40N2O7S. The van der Waals surface area contributed by atoms with Crippen molar-refractivity contribution in [2.24, 2.45) is 5.92 Å². The molecule has 10 heteroatoms. The molecule has 9 nitrogen and oxygen atoms in total. The number of hydrogen-bond donors (Lipinski definition) is 3. The first kappa shape index (κ1) is 29.3. The average Bonchev–Trinajstić information content (AvgIpc) is 3.53. The number of ether oxygens (including phenoxy) is 2. The van der Waals surface area contributed by atoms with Gasteiger partial charge in [0.2, 0.25) is 10.0 Å². The molecular weight excluding hydrogens is 520 g/mol. The number of rotatable bonds is 11. The van der Waals surface area contributed by atoms with Crippen LogP contribution in [-0.4, -0.2) is 72.6 Å². The number of carbonyl (C=O) groups is 1. The van der Waals surface area contributed by atoms with E-state index < -0.39 is 33.9 Å². The molecule has 1 heterocycles. The molecule has 0 aromatic heterocycles. The maximum Gasteiger partial charge on any atom is 0.407 e. The molecule has 0 bridgehead atoms. The van der Waals surface area contributed by atoms with Gasteiger partial charge >= 0.3 is 6.09 Å². The molecule has 0 radical (unpaired) electrons. The lowest BCUT2D eigenvalue weighted by atomic mass is 9.96. The number of phenols is 1. The molecule has 4 atom stereocenters. The van der Waals surface area contributed by atoms with Gasteiger partial charge in [0, 0.05) is 19.7 Å². The van der Waals surface area contributed by atoms with Crippen molar-refractivity contribution in [1.29, 1.82) is 0 Å². The van der Waals surface area contributed by atoms with Gasteiger partial charge in [0.1, 0.15) is 17.5 Å². The minimum atomic E-state index is -4.03. The molecule has 1 spiro atoms. The van der Waals surface area contributed by atoms with Crippen LogP contribution < -0.4 is 5.32 Å². The van der Waals surface area contributed by atoms with Gasteiger partial charge in [-0.05, 0) is 68.2 Å². The van der Waals surface area contributed by atoms with Gasteiger partial charge in [0.15, 0.2) is 0 Å². The first-order valence-electron chi connectivity index (χ1n) is 13.7. The fourth-order valence-corrected chi connectivity index (χ4v) is 7.28. The van der Waals surface area contributed by atoms with Crippen molar-refractivity contribution in [3.63, 3.8) is 0 Å². The van der Waals surface area contributed by atoms with E-state index in [1.807, 2.05) is 44.2 Å².